The van der Waals surface area contributed by atoms with E-state index < -0.39 is 96.9 Å². The summed E-state index contributed by atoms with van der Waals surface area (Å²) in [6.07, 6.45) is -8.09. The number of ether oxygens (including phenoxy) is 2. The maximum absolute atomic E-state index is 15.8. The molecule has 1 aliphatic carbocycles. The van der Waals surface area contributed by atoms with E-state index in [0.717, 1.165) is 23.8 Å². The number of carbonyl (C=O) groups is 5. The number of hydrogen-bond acceptors (Lipinski definition) is 8. The first-order valence-corrected chi connectivity index (χ1v) is 17.3. The summed E-state index contributed by atoms with van der Waals surface area (Å²) in [5.74, 6) is -8.41. The number of nitrogens with zero attached hydrogens (tertiary/aromatic N) is 2. The number of halogens is 4. The predicted molar refractivity (Wildman–Crippen MR) is 186 cm³/mol. The van der Waals surface area contributed by atoms with E-state index in [0.29, 0.717) is 5.56 Å². The SMILES string of the molecule is CC(C)C(NC(=O)OC(C)(C)C)C(=O)OCN1C(=O)[C@H](NC(=O)[C@H](CCC(F)(F)F)[C@@H](CC2CC2)C(N)=O)N=C(c2ccccc2)c2cccc(F)c21. The molecule has 2 aromatic carbocycles. The van der Waals surface area contributed by atoms with Crippen molar-refractivity contribution in [3.05, 3.63) is 65.5 Å². The molecule has 1 aliphatic heterocycles. The van der Waals surface area contributed by atoms with E-state index in [1.54, 1.807) is 65.0 Å². The number of benzodiazepines with no additional fused rings is 1. The second-order valence-electron chi connectivity index (χ2n) is 14.6. The highest BCUT2D eigenvalue weighted by Crippen LogP contribution is 2.39. The van der Waals surface area contributed by atoms with Crippen molar-refractivity contribution in [3.63, 3.8) is 0 Å². The highest BCUT2D eigenvalue weighted by Gasteiger charge is 2.42. The Morgan fingerprint density at radius 3 is 2.23 bits per heavy atom. The lowest BCUT2D eigenvalue weighted by Crippen LogP contribution is -2.52. The van der Waals surface area contributed by atoms with Gasteiger partial charge in [0.1, 0.15) is 17.5 Å². The summed E-state index contributed by atoms with van der Waals surface area (Å²) < 4.78 is 66.9. The van der Waals surface area contributed by atoms with Crippen LogP contribution in [0.2, 0.25) is 0 Å². The molecule has 1 unspecified atom stereocenters. The highest BCUT2D eigenvalue weighted by molar-refractivity contribution is 6.20. The van der Waals surface area contributed by atoms with Gasteiger partial charge in [-0.15, -0.1) is 0 Å². The van der Waals surface area contributed by atoms with Crippen molar-refractivity contribution >= 4 is 41.2 Å². The maximum atomic E-state index is 15.8. The topological polar surface area (TPSA) is 169 Å². The summed E-state index contributed by atoms with van der Waals surface area (Å²) in [5, 5.41) is 4.85. The number of carbonyl (C=O) groups excluding carboxylic acids is 5. The van der Waals surface area contributed by atoms with Gasteiger partial charge in [0.2, 0.25) is 18.0 Å². The quantitative estimate of drug-likeness (QED) is 0.173. The lowest BCUT2D eigenvalue weighted by Gasteiger charge is -2.29. The number of hydrogen-bond donors (Lipinski definition) is 3. The second-order valence-corrected chi connectivity index (χ2v) is 14.6. The minimum atomic E-state index is -4.66. The van der Waals surface area contributed by atoms with Crippen LogP contribution in [0.25, 0.3) is 0 Å². The fourth-order valence-corrected chi connectivity index (χ4v) is 5.96. The molecule has 53 heavy (non-hydrogen) atoms. The molecule has 12 nitrogen and oxygen atoms in total. The van der Waals surface area contributed by atoms with Crippen molar-refractivity contribution in [2.45, 2.75) is 90.7 Å². The zero-order chi connectivity index (χ0) is 39.2. The number of nitrogens with two attached hydrogens (primary N) is 1. The predicted octanol–water partition coefficient (Wildman–Crippen LogP) is 5.36. The summed E-state index contributed by atoms with van der Waals surface area (Å²) in [7, 11) is 0. The average Bonchev–Trinajstić information content (AvgIpc) is 3.89. The summed E-state index contributed by atoms with van der Waals surface area (Å²) in [6, 6.07) is 10.9. The van der Waals surface area contributed by atoms with Gasteiger partial charge in [-0.2, -0.15) is 13.2 Å². The number of esters is 1. The molecule has 1 heterocycles. The fourth-order valence-electron chi connectivity index (χ4n) is 5.96. The molecule has 0 radical (unpaired) electrons. The van der Waals surface area contributed by atoms with Gasteiger partial charge in [0.25, 0.3) is 5.91 Å². The molecule has 1 saturated carbocycles. The normalized spacial score (nSPS) is 17.8. The van der Waals surface area contributed by atoms with Crippen molar-refractivity contribution in [2.24, 2.45) is 34.4 Å². The standard InChI is InChI=1S/C37H45F4N5O7/c1-20(2)27(44-35(51)53-36(3,4)5)34(50)52-19-46-29-24(12-9-13-26(29)38)28(22-10-7-6-8-11-22)43-31(33(46)49)45-32(48)23(16-17-37(39,40)41)25(30(42)47)18-21-14-15-21/h6-13,20-21,23,25,27,31H,14-19H2,1-5H3,(H2,42,47)(H,44,51)(H,45,48)/t23-,25-,27?,31+/m1/s1. The Labute approximate surface area is 304 Å². The number of alkyl carbamates (subject to hydrolysis) is 1. The van der Waals surface area contributed by atoms with Crippen LogP contribution in [0.5, 0.6) is 0 Å². The number of benzene rings is 2. The molecule has 1 fully saturated rings. The molecule has 0 bridgehead atoms. The zero-order valence-electron chi connectivity index (χ0n) is 30.2. The van der Waals surface area contributed by atoms with Crippen molar-refractivity contribution in [3.8, 4) is 0 Å². The van der Waals surface area contributed by atoms with Crippen LogP contribution in [0.15, 0.2) is 53.5 Å². The number of alkyl halides is 3. The third-order valence-corrected chi connectivity index (χ3v) is 8.74. The van der Waals surface area contributed by atoms with Gasteiger partial charge in [0.15, 0.2) is 6.73 Å². The number of anilines is 1. The zero-order valence-corrected chi connectivity index (χ0v) is 30.2. The van der Waals surface area contributed by atoms with Crippen molar-refractivity contribution in [2.75, 3.05) is 11.6 Å². The molecule has 0 saturated heterocycles. The molecule has 0 aromatic heterocycles. The molecule has 2 aliphatic rings. The number of fused-ring (bicyclic) bond motifs is 1. The summed E-state index contributed by atoms with van der Waals surface area (Å²) in [5.41, 5.74) is 4.88. The minimum Gasteiger partial charge on any atom is -0.444 e. The first-order chi connectivity index (χ1) is 24.8. The summed E-state index contributed by atoms with van der Waals surface area (Å²) >= 11 is 0. The van der Waals surface area contributed by atoms with Gasteiger partial charge in [0.05, 0.1) is 11.4 Å². The molecular formula is C37H45F4N5O7. The number of para-hydroxylation sites is 1. The lowest BCUT2D eigenvalue weighted by atomic mass is 9.83. The van der Waals surface area contributed by atoms with Crippen LogP contribution < -0.4 is 21.3 Å². The molecule has 16 heteroatoms. The summed E-state index contributed by atoms with van der Waals surface area (Å²) in [6.45, 7) is 7.22. The van der Waals surface area contributed by atoms with Gasteiger partial charge >= 0.3 is 18.2 Å². The molecule has 288 valence electrons. The Hall–Kier alpha value is -5.02. The Bertz CT molecular complexity index is 1710. The van der Waals surface area contributed by atoms with Crippen molar-refractivity contribution in [1.29, 1.82) is 0 Å². The van der Waals surface area contributed by atoms with E-state index in [1.165, 1.54) is 12.1 Å². The van der Waals surface area contributed by atoms with Gasteiger partial charge < -0.3 is 25.8 Å². The van der Waals surface area contributed by atoms with E-state index in [4.69, 9.17) is 15.2 Å². The second kappa shape index (κ2) is 16.8. The molecule has 4 amide bonds. The monoisotopic (exact) mass is 747 g/mol. The summed E-state index contributed by atoms with van der Waals surface area (Å²) in [4.78, 5) is 71.9. The average molecular weight is 748 g/mol. The van der Waals surface area contributed by atoms with E-state index in [1.807, 2.05) is 0 Å². The van der Waals surface area contributed by atoms with Crippen LogP contribution in [-0.4, -0.2) is 66.2 Å². The van der Waals surface area contributed by atoms with Crippen LogP contribution >= 0.6 is 0 Å². The van der Waals surface area contributed by atoms with E-state index >= 15 is 4.39 Å². The van der Waals surface area contributed by atoms with Crippen LogP contribution in [0.4, 0.5) is 28.0 Å². The molecule has 2 aromatic rings. The third-order valence-electron chi connectivity index (χ3n) is 8.74. The first kappa shape index (κ1) is 40.7. The van der Waals surface area contributed by atoms with Gasteiger partial charge in [-0.3, -0.25) is 19.3 Å². The molecule has 4 atom stereocenters. The minimum absolute atomic E-state index is 0.0121. The Kier molecular flexibility index (Phi) is 12.9. The van der Waals surface area contributed by atoms with Crippen LogP contribution in [0.1, 0.15) is 77.8 Å². The van der Waals surface area contributed by atoms with Crippen LogP contribution in [-0.2, 0) is 28.7 Å². The smallest absolute Gasteiger partial charge is 0.408 e. The number of nitrogens with one attached hydrogen (secondary N) is 2. The van der Waals surface area contributed by atoms with E-state index in [-0.39, 0.29) is 29.3 Å². The fraction of sp³-hybridized carbons (Fsp3) is 0.514. The maximum Gasteiger partial charge on any atom is 0.408 e. The van der Waals surface area contributed by atoms with Crippen molar-refractivity contribution < 1.29 is 51.0 Å². The first-order valence-electron chi connectivity index (χ1n) is 17.3. The molecular weight excluding hydrogens is 702 g/mol. The number of aliphatic imine (C=N–C) groups is 1. The highest BCUT2D eigenvalue weighted by atomic mass is 19.4. The van der Waals surface area contributed by atoms with E-state index in [2.05, 4.69) is 15.6 Å². The molecule has 4 N–H and O–H groups in total. The van der Waals surface area contributed by atoms with Gasteiger partial charge in [-0.25, -0.2) is 19.0 Å². The lowest BCUT2D eigenvalue weighted by molar-refractivity contribution is -0.149. The van der Waals surface area contributed by atoms with Gasteiger partial charge in [0, 0.05) is 29.4 Å². The van der Waals surface area contributed by atoms with Crippen molar-refractivity contribution in [1.82, 2.24) is 10.6 Å². The Morgan fingerprint density at radius 1 is 1.00 bits per heavy atom. The van der Waals surface area contributed by atoms with Gasteiger partial charge in [-0.1, -0.05) is 69.2 Å². The van der Waals surface area contributed by atoms with Gasteiger partial charge in [-0.05, 0) is 51.5 Å². The van der Waals surface area contributed by atoms with E-state index in [9.17, 15) is 37.1 Å². The molecule has 0 spiro atoms. The third kappa shape index (κ3) is 11.2. The molecule has 4 rings (SSSR count). The largest absolute Gasteiger partial charge is 0.444 e. The Morgan fingerprint density at radius 2 is 1.66 bits per heavy atom. The number of primary amides is 1. The van der Waals surface area contributed by atoms with Crippen LogP contribution in [0, 0.1) is 29.5 Å². The van der Waals surface area contributed by atoms with Crippen LogP contribution in [0.3, 0.4) is 0 Å². The number of rotatable bonds is 14. The number of amides is 4. The Balaban J connectivity index is 1.73.